The van der Waals surface area contributed by atoms with E-state index < -0.39 is 5.41 Å². The summed E-state index contributed by atoms with van der Waals surface area (Å²) in [7, 11) is 0. The Labute approximate surface area is 358 Å². The highest BCUT2D eigenvalue weighted by atomic mass is 15.0. The van der Waals surface area contributed by atoms with Gasteiger partial charge in [0.15, 0.2) is 0 Å². The summed E-state index contributed by atoms with van der Waals surface area (Å²) in [4.78, 5) is 0. The van der Waals surface area contributed by atoms with Crippen molar-refractivity contribution in [3.63, 3.8) is 0 Å². The van der Waals surface area contributed by atoms with E-state index in [9.17, 15) is 0 Å². The first-order chi connectivity index (χ1) is 30.1. The fraction of sp³-hybridized carbons (Fsp3) is 0.100. The predicted octanol–water partition coefficient (Wildman–Crippen LogP) is 15.5. The van der Waals surface area contributed by atoms with Gasteiger partial charge < -0.3 is 4.57 Å². The third-order valence-electron chi connectivity index (χ3n) is 14.0. The zero-order valence-corrected chi connectivity index (χ0v) is 34.6. The van der Waals surface area contributed by atoms with Crippen molar-refractivity contribution in [1.82, 2.24) is 4.57 Å². The second kappa shape index (κ2) is 13.9. The van der Waals surface area contributed by atoms with Crippen LogP contribution in [0, 0.1) is 6.92 Å². The molecule has 290 valence electrons. The predicted molar refractivity (Wildman–Crippen MR) is 256 cm³/mol. The number of hydrogen-bond donors (Lipinski definition) is 0. The molecule has 0 fully saturated rings. The highest BCUT2D eigenvalue weighted by Gasteiger charge is 2.53. The summed E-state index contributed by atoms with van der Waals surface area (Å²) >= 11 is 0. The van der Waals surface area contributed by atoms with E-state index in [0.717, 1.165) is 12.8 Å². The van der Waals surface area contributed by atoms with Gasteiger partial charge in [0.05, 0.1) is 16.4 Å². The van der Waals surface area contributed by atoms with Crippen molar-refractivity contribution in [3.05, 3.63) is 245 Å². The molecule has 1 aromatic heterocycles. The van der Waals surface area contributed by atoms with E-state index in [1.54, 1.807) is 0 Å². The number of para-hydroxylation sites is 1. The smallest absolute Gasteiger partial charge is 0.0746 e. The van der Waals surface area contributed by atoms with Crippen molar-refractivity contribution < 1.29 is 0 Å². The van der Waals surface area contributed by atoms with Gasteiger partial charge in [-0.1, -0.05) is 183 Å². The molecule has 0 saturated carbocycles. The Hall–Kier alpha value is -7.22. The molecule has 0 amide bonds. The number of fused-ring (bicyclic) bond motifs is 14. The van der Waals surface area contributed by atoms with Crippen LogP contribution in [0.3, 0.4) is 0 Å². The first-order valence-corrected chi connectivity index (χ1v) is 21.9. The van der Waals surface area contributed by atoms with Crippen molar-refractivity contribution in [2.45, 2.75) is 38.0 Å². The van der Waals surface area contributed by atoms with Crippen LogP contribution in [0.4, 0.5) is 0 Å². The molecule has 0 saturated heterocycles. The van der Waals surface area contributed by atoms with E-state index >= 15 is 0 Å². The summed E-state index contributed by atoms with van der Waals surface area (Å²) in [6.07, 6.45) is 2.11. The molecule has 0 N–H and O–H groups in total. The second-order valence-electron chi connectivity index (χ2n) is 17.1. The van der Waals surface area contributed by atoms with Gasteiger partial charge in [-0.15, -0.1) is 0 Å². The molecule has 9 aromatic carbocycles. The molecule has 2 aliphatic rings. The number of rotatable bonds is 7. The van der Waals surface area contributed by atoms with E-state index in [0.29, 0.717) is 5.92 Å². The minimum Gasteiger partial charge on any atom is -0.309 e. The van der Waals surface area contributed by atoms with E-state index in [4.69, 9.17) is 0 Å². The monoisotopic (exact) mass is 779 g/mol. The maximum atomic E-state index is 2.55. The fourth-order valence-corrected chi connectivity index (χ4v) is 11.3. The normalized spacial score (nSPS) is 13.6. The lowest BCUT2D eigenvalue weighted by Gasteiger charge is -2.31. The van der Waals surface area contributed by atoms with Crippen molar-refractivity contribution in [1.29, 1.82) is 0 Å². The molecule has 1 atom stereocenters. The van der Waals surface area contributed by atoms with Crippen molar-refractivity contribution in [3.8, 4) is 50.2 Å². The number of aryl methyl sites for hydroxylation is 1. The lowest BCUT2D eigenvalue weighted by Crippen LogP contribution is -2.26. The molecule has 0 bridgehead atoms. The van der Waals surface area contributed by atoms with Crippen molar-refractivity contribution in [2.75, 3.05) is 0 Å². The van der Waals surface area contributed by atoms with Crippen molar-refractivity contribution >= 4 is 21.8 Å². The minimum absolute atomic E-state index is 0.459. The van der Waals surface area contributed by atoms with E-state index in [2.05, 4.69) is 225 Å². The van der Waals surface area contributed by atoms with Crippen LogP contribution in [0.5, 0.6) is 0 Å². The van der Waals surface area contributed by atoms with Crippen LogP contribution in [0.15, 0.2) is 206 Å². The Kier molecular flexibility index (Phi) is 8.15. The maximum Gasteiger partial charge on any atom is 0.0746 e. The Bertz CT molecular complexity index is 3270. The van der Waals surface area contributed by atoms with Gasteiger partial charge in [0, 0.05) is 22.0 Å². The SMILES string of the molecule is CCC(Cc1ccccc1-c1cc(-c2ccc3c(c2)c2ccc4c(c2n3-c2ccccc2)C2(c3ccccc3-c3ccccc32)c2ccccc2-4)ccc1C)c1ccccc1. The van der Waals surface area contributed by atoms with Gasteiger partial charge in [0.2, 0.25) is 0 Å². The average Bonchev–Trinajstić information content (AvgIpc) is 3.93. The van der Waals surface area contributed by atoms with E-state index in [1.165, 1.54) is 111 Å². The topological polar surface area (TPSA) is 4.93 Å². The van der Waals surface area contributed by atoms with Crippen LogP contribution < -0.4 is 0 Å². The fourth-order valence-electron chi connectivity index (χ4n) is 11.3. The van der Waals surface area contributed by atoms with Crippen LogP contribution in [0.1, 0.15) is 58.2 Å². The zero-order chi connectivity index (χ0) is 40.7. The number of aromatic nitrogens is 1. The van der Waals surface area contributed by atoms with E-state index in [1.807, 2.05) is 0 Å². The van der Waals surface area contributed by atoms with Crippen LogP contribution in [0.2, 0.25) is 0 Å². The molecule has 10 aromatic rings. The Balaban J connectivity index is 1.09. The first kappa shape index (κ1) is 35.7. The lowest BCUT2D eigenvalue weighted by molar-refractivity contribution is 0.661. The van der Waals surface area contributed by atoms with Gasteiger partial charge >= 0.3 is 0 Å². The second-order valence-corrected chi connectivity index (χ2v) is 17.1. The van der Waals surface area contributed by atoms with Gasteiger partial charge in [0.1, 0.15) is 0 Å². The Morgan fingerprint density at radius 3 is 1.69 bits per heavy atom. The molecule has 1 heterocycles. The van der Waals surface area contributed by atoms with Crippen LogP contribution >= 0.6 is 0 Å². The van der Waals surface area contributed by atoms with E-state index in [-0.39, 0.29) is 0 Å². The number of hydrogen-bond acceptors (Lipinski definition) is 0. The molecule has 0 radical (unpaired) electrons. The molecule has 1 nitrogen and oxygen atoms in total. The van der Waals surface area contributed by atoms with Gasteiger partial charge in [-0.3, -0.25) is 0 Å². The minimum atomic E-state index is -0.459. The summed E-state index contributed by atoms with van der Waals surface area (Å²) in [5, 5.41) is 2.54. The molecule has 61 heavy (non-hydrogen) atoms. The van der Waals surface area contributed by atoms with Gasteiger partial charge in [-0.2, -0.15) is 0 Å². The van der Waals surface area contributed by atoms with Gasteiger partial charge in [0.25, 0.3) is 0 Å². The third-order valence-corrected chi connectivity index (χ3v) is 14.0. The molecule has 1 unspecified atom stereocenters. The summed E-state index contributed by atoms with van der Waals surface area (Å²) < 4.78 is 2.55. The summed E-state index contributed by atoms with van der Waals surface area (Å²) in [6, 6.07) is 77.5. The molecular weight excluding hydrogens is 735 g/mol. The standard InChI is InChI=1S/C60H45N/c1-3-40(41-18-6-4-7-19-41)36-44-20-10-11-23-46(44)52-37-42(31-30-39(52)2)43-32-35-57-53(38-43)51-34-33-50-49-26-14-17-29-56(49)60(58(50)59(51)61(57)45-21-8-5-9-22-45)54-27-15-12-24-47(54)48-25-13-16-28-55(48)60/h4-35,37-38,40H,3,36H2,1-2H3. The highest BCUT2D eigenvalue weighted by Crippen LogP contribution is 2.64. The first-order valence-electron chi connectivity index (χ1n) is 21.9. The van der Waals surface area contributed by atoms with Gasteiger partial charge in [-0.05, 0) is 134 Å². The Morgan fingerprint density at radius 2 is 1.02 bits per heavy atom. The van der Waals surface area contributed by atoms with Gasteiger partial charge in [-0.25, -0.2) is 0 Å². The molecule has 2 aliphatic carbocycles. The molecule has 1 heteroatoms. The van der Waals surface area contributed by atoms with Crippen LogP contribution in [-0.2, 0) is 11.8 Å². The quantitative estimate of drug-likeness (QED) is 0.152. The molecule has 12 rings (SSSR count). The summed E-state index contributed by atoms with van der Waals surface area (Å²) in [5.41, 5.74) is 23.1. The summed E-state index contributed by atoms with van der Waals surface area (Å²) in [6.45, 7) is 4.57. The van der Waals surface area contributed by atoms with Crippen LogP contribution in [-0.4, -0.2) is 4.57 Å². The summed E-state index contributed by atoms with van der Waals surface area (Å²) in [5.74, 6) is 0.467. The largest absolute Gasteiger partial charge is 0.309 e. The Morgan fingerprint density at radius 1 is 0.459 bits per heavy atom. The third kappa shape index (κ3) is 5.20. The molecule has 1 spiro atoms. The lowest BCUT2D eigenvalue weighted by atomic mass is 9.70. The number of benzene rings is 9. The van der Waals surface area contributed by atoms with Crippen molar-refractivity contribution in [2.24, 2.45) is 0 Å². The average molecular weight is 780 g/mol. The molecular formula is C60H45N. The van der Waals surface area contributed by atoms with Crippen LogP contribution in [0.25, 0.3) is 72.0 Å². The zero-order valence-electron chi connectivity index (χ0n) is 34.6. The highest BCUT2D eigenvalue weighted by molar-refractivity contribution is 6.15. The number of nitrogens with zero attached hydrogens (tertiary/aromatic N) is 1. The molecule has 0 aliphatic heterocycles. The maximum absolute atomic E-state index is 2.55.